The SMILES string of the molecule is Cc1ccc(S(=O)(=O)NCCC(=O)Nc2ccc(Cl)cc2)cc1. The van der Waals surface area contributed by atoms with Crippen LogP contribution < -0.4 is 10.0 Å². The minimum absolute atomic E-state index is 0.0234. The second-order valence-corrected chi connectivity index (χ2v) is 7.22. The first-order valence-electron chi connectivity index (χ1n) is 6.98. The first kappa shape index (κ1) is 17.5. The summed E-state index contributed by atoms with van der Waals surface area (Å²) in [7, 11) is -3.60. The van der Waals surface area contributed by atoms with Crippen LogP contribution in [0, 0.1) is 6.92 Å². The van der Waals surface area contributed by atoms with Gasteiger partial charge in [0.1, 0.15) is 0 Å². The van der Waals surface area contributed by atoms with E-state index in [4.69, 9.17) is 11.6 Å². The Morgan fingerprint density at radius 2 is 1.65 bits per heavy atom. The maximum Gasteiger partial charge on any atom is 0.240 e. The van der Waals surface area contributed by atoms with Gasteiger partial charge in [-0.25, -0.2) is 13.1 Å². The fourth-order valence-corrected chi connectivity index (χ4v) is 3.01. The Labute approximate surface area is 140 Å². The fraction of sp³-hybridized carbons (Fsp3) is 0.188. The Balaban J connectivity index is 1.85. The van der Waals surface area contributed by atoms with Gasteiger partial charge in [0, 0.05) is 23.7 Å². The predicted molar refractivity (Wildman–Crippen MR) is 91.1 cm³/mol. The Morgan fingerprint density at radius 1 is 1.04 bits per heavy atom. The van der Waals surface area contributed by atoms with E-state index < -0.39 is 10.0 Å². The minimum atomic E-state index is -3.60. The monoisotopic (exact) mass is 352 g/mol. The first-order chi connectivity index (χ1) is 10.9. The van der Waals surface area contributed by atoms with Crippen molar-refractivity contribution in [2.75, 3.05) is 11.9 Å². The number of carbonyl (C=O) groups is 1. The van der Waals surface area contributed by atoms with Crippen LogP contribution in [0.2, 0.25) is 5.02 Å². The van der Waals surface area contributed by atoms with Gasteiger partial charge in [0.2, 0.25) is 15.9 Å². The summed E-state index contributed by atoms with van der Waals surface area (Å²) in [6.45, 7) is 1.90. The Kier molecular flexibility index (Phi) is 5.76. The van der Waals surface area contributed by atoms with E-state index in [-0.39, 0.29) is 23.8 Å². The van der Waals surface area contributed by atoms with Crippen molar-refractivity contribution >= 4 is 33.2 Å². The molecule has 5 nitrogen and oxygen atoms in total. The summed E-state index contributed by atoms with van der Waals surface area (Å²) in [6.07, 6.45) is 0.0354. The summed E-state index contributed by atoms with van der Waals surface area (Å²) >= 11 is 5.76. The number of hydrogen-bond acceptors (Lipinski definition) is 3. The van der Waals surface area contributed by atoms with Crippen LogP contribution in [-0.4, -0.2) is 20.9 Å². The van der Waals surface area contributed by atoms with Crippen LogP contribution in [0.15, 0.2) is 53.4 Å². The molecule has 2 aromatic carbocycles. The zero-order chi connectivity index (χ0) is 16.9. The second kappa shape index (κ2) is 7.59. The Bertz CT molecular complexity index is 772. The van der Waals surface area contributed by atoms with Crippen molar-refractivity contribution in [3.05, 3.63) is 59.1 Å². The molecule has 0 aromatic heterocycles. The van der Waals surface area contributed by atoms with Gasteiger partial charge in [-0.1, -0.05) is 29.3 Å². The lowest BCUT2D eigenvalue weighted by Gasteiger charge is -2.08. The molecule has 23 heavy (non-hydrogen) atoms. The molecular formula is C16H17ClN2O3S. The lowest BCUT2D eigenvalue weighted by atomic mass is 10.2. The normalized spacial score (nSPS) is 11.2. The first-order valence-corrected chi connectivity index (χ1v) is 8.85. The summed E-state index contributed by atoms with van der Waals surface area (Å²) in [5.74, 6) is -0.279. The molecule has 0 saturated heterocycles. The van der Waals surface area contributed by atoms with Crippen LogP contribution in [0.4, 0.5) is 5.69 Å². The number of halogens is 1. The zero-order valence-corrected chi connectivity index (χ0v) is 14.1. The van der Waals surface area contributed by atoms with Crippen molar-refractivity contribution in [1.29, 1.82) is 0 Å². The molecular weight excluding hydrogens is 336 g/mol. The van der Waals surface area contributed by atoms with Crippen molar-refractivity contribution in [3.8, 4) is 0 Å². The van der Waals surface area contributed by atoms with Crippen LogP contribution in [0.3, 0.4) is 0 Å². The van der Waals surface area contributed by atoms with Crippen LogP contribution in [-0.2, 0) is 14.8 Å². The maximum absolute atomic E-state index is 12.1. The van der Waals surface area contributed by atoms with Gasteiger partial charge in [0.15, 0.2) is 0 Å². The summed E-state index contributed by atoms with van der Waals surface area (Å²) in [5.41, 5.74) is 1.59. The molecule has 0 saturated carbocycles. The van der Waals surface area contributed by atoms with E-state index in [0.717, 1.165) is 5.56 Å². The topological polar surface area (TPSA) is 75.3 Å². The van der Waals surface area contributed by atoms with Gasteiger partial charge in [-0.15, -0.1) is 0 Å². The molecule has 7 heteroatoms. The number of hydrogen-bond donors (Lipinski definition) is 2. The average Bonchev–Trinajstić information content (AvgIpc) is 2.50. The van der Waals surface area contributed by atoms with Crippen LogP contribution in [0.1, 0.15) is 12.0 Å². The fourth-order valence-electron chi connectivity index (χ4n) is 1.86. The molecule has 0 radical (unpaired) electrons. The number of benzene rings is 2. The molecule has 0 aliphatic heterocycles. The van der Waals surface area contributed by atoms with E-state index in [1.165, 1.54) is 12.1 Å². The molecule has 122 valence electrons. The van der Waals surface area contributed by atoms with E-state index in [1.54, 1.807) is 36.4 Å². The van der Waals surface area contributed by atoms with Gasteiger partial charge in [0.25, 0.3) is 0 Å². The van der Waals surface area contributed by atoms with Crippen molar-refractivity contribution in [2.24, 2.45) is 0 Å². The van der Waals surface area contributed by atoms with Gasteiger partial charge in [-0.2, -0.15) is 0 Å². The molecule has 0 fully saturated rings. The van der Waals surface area contributed by atoms with Crippen molar-refractivity contribution in [2.45, 2.75) is 18.2 Å². The molecule has 2 rings (SSSR count). The lowest BCUT2D eigenvalue weighted by Crippen LogP contribution is -2.27. The summed E-state index contributed by atoms with van der Waals surface area (Å²) in [6, 6.07) is 13.2. The summed E-state index contributed by atoms with van der Waals surface area (Å²) < 4.78 is 26.5. The largest absolute Gasteiger partial charge is 0.326 e. The van der Waals surface area contributed by atoms with E-state index in [2.05, 4.69) is 10.0 Å². The Hall–Kier alpha value is -1.89. The predicted octanol–water partition coefficient (Wildman–Crippen LogP) is 2.96. The molecule has 0 bridgehead atoms. The molecule has 0 atom stereocenters. The molecule has 0 aliphatic carbocycles. The summed E-state index contributed by atoms with van der Waals surface area (Å²) in [4.78, 5) is 12.0. The third-order valence-corrected chi connectivity index (χ3v) is 4.83. The summed E-state index contributed by atoms with van der Waals surface area (Å²) in [5, 5.41) is 3.25. The van der Waals surface area contributed by atoms with Crippen molar-refractivity contribution in [1.82, 2.24) is 4.72 Å². The highest BCUT2D eigenvalue weighted by Gasteiger charge is 2.13. The van der Waals surface area contributed by atoms with Gasteiger partial charge in [-0.05, 0) is 43.3 Å². The number of aryl methyl sites for hydroxylation is 1. The van der Waals surface area contributed by atoms with E-state index in [0.29, 0.717) is 10.7 Å². The van der Waals surface area contributed by atoms with Gasteiger partial charge in [-0.3, -0.25) is 4.79 Å². The number of rotatable bonds is 6. The van der Waals surface area contributed by atoms with E-state index >= 15 is 0 Å². The lowest BCUT2D eigenvalue weighted by molar-refractivity contribution is -0.116. The van der Waals surface area contributed by atoms with Gasteiger partial charge >= 0.3 is 0 Å². The number of carbonyl (C=O) groups excluding carboxylic acids is 1. The third-order valence-electron chi connectivity index (χ3n) is 3.10. The zero-order valence-electron chi connectivity index (χ0n) is 12.5. The average molecular weight is 353 g/mol. The molecule has 0 heterocycles. The quantitative estimate of drug-likeness (QED) is 0.839. The molecule has 2 N–H and O–H groups in total. The molecule has 0 spiro atoms. The molecule has 1 amide bonds. The highest BCUT2D eigenvalue weighted by molar-refractivity contribution is 7.89. The number of nitrogens with one attached hydrogen (secondary N) is 2. The van der Waals surface area contributed by atoms with Gasteiger partial charge in [0.05, 0.1) is 4.90 Å². The molecule has 0 unspecified atom stereocenters. The minimum Gasteiger partial charge on any atom is -0.326 e. The maximum atomic E-state index is 12.1. The number of anilines is 1. The Morgan fingerprint density at radius 3 is 2.26 bits per heavy atom. The molecule has 0 aliphatic rings. The standard InChI is InChI=1S/C16H17ClN2O3S/c1-12-2-8-15(9-3-12)23(21,22)18-11-10-16(20)19-14-6-4-13(17)5-7-14/h2-9,18H,10-11H2,1H3,(H,19,20). The van der Waals surface area contributed by atoms with Crippen LogP contribution in [0.5, 0.6) is 0 Å². The number of sulfonamides is 1. The van der Waals surface area contributed by atoms with Crippen LogP contribution >= 0.6 is 11.6 Å². The second-order valence-electron chi connectivity index (χ2n) is 5.02. The highest BCUT2D eigenvalue weighted by atomic mass is 35.5. The van der Waals surface area contributed by atoms with E-state index in [1.807, 2.05) is 6.92 Å². The molecule has 2 aromatic rings. The highest BCUT2D eigenvalue weighted by Crippen LogP contribution is 2.13. The third kappa shape index (κ3) is 5.35. The van der Waals surface area contributed by atoms with Crippen molar-refractivity contribution in [3.63, 3.8) is 0 Å². The smallest absolute Gasteiger partial charge is 0.240 e. The van der Waals surface area contributed by atoms with E-state index in [9.17, 15) is 13.2 Å². The van der Waals surface area contributed by atoms with Crippen molar-refractivity contribution < 1.29 is 13.2 Å². The van der Waals surface area contributed by atoms with Gasteiger partial charge < -0.3 is 5.32 Å². The number of amides is 1. The van der Waals surface area contributed by atoms with Crippen LogP contribution in [0.25, 0.3) is 0 Å².